The number of aromatic nitrogens is 2. The van der Waals surface area contributed by atoms with Gasteiger partial charge in [-0.3, -0.25) is 9.48 Å². The van der Waals surface area contributed by atoms with E-state index in [1.54, 1.807) is 10.9 Å². The summed E-state index contributed by atoms with van der Waals surface area (Å²) in [6.45, 7) is 3.70. The number of hydrogen-bond acceptors (Lipinski definition) is 3. The summed E-state index contributed by atoms with van der Waals surface area (Å²) in [4.78, 5) is 12.0. The molecule has 1 fully saturated rings. The number of rotatable bonds is 4. The molecule has 0 aromatic carbocycles. The van der Waals surface area contributed by atoms with E-state index in [0.29, 0.717) is 12.5 Å². The van der Waals surface area contributed by atoms with Crippen LogP contribution >= 0.6 is 0 Å². The van der Waals surface area contributed by atoms with Crippen molar-refractivity contribution in [3.8, 4) is 0 Å². The van der Waals surface area contributed by atoms with E-state index in [-0.39, 0.29) is 11.9 Å². The summed E-state index contributed by atoms with van der Waals surface area (Å²) in [5.41, 5.74) is 1.04. The zero-order valence-corrected chi connectivity index (χ0v) is 11.1. The number of carbonyl (C=O) groups is 1. The second kappa shape index (κ2) is 6.00. The van der Waals surface area contributed by atoms with Crippen LogP contribution in [0.2, 0.25) is 0 Å². The van der Waals surface area contributed by atoms with Gasteiger partial charge in [-0.2, -0.15) is 5.10 Å². The lowest BCUT2D eigenvalue weighted by Gasteiger charge is -2.28. The Morgan fingerprint density at radius 1 is 1.67 bits per heavy atom. The zero-order valence-electron chi connectivity index (χ0n) is 11.1. The second-order valence-electron chi connectivity index (χ2n) is 5.05. The molecule has 1 saturated heterocycles. The Balaban J connectivity index is 1.80. The fourth-order valence-corrected chi connectivity index (χ4v) is 2.44. The summed E-state index contributed by atoms with van der Waals surface area (Å²) < 4.78 is 1.74. The first-order valence-corrected chi connectivity index (χ1v) is 6.67. The van der Waals surface area contributed by atoms with Crippen LogP contribution in [0.1, 0.15) is 31.7 Å². The highest BCUT2D eigenvalue weighted by atomic mass is 16.2. The van der Waals surface area contributed by atoms with Crippen LogP contribution < -0.4 is 10.6 Å². The van der Waals surface area contributed by atoms with Crippen molar-refractivity contribution in [1.82, 2.24) is 20.4 Å². The predicted octanol–water partition coefficient (Wildman–Crippen LogP) is 0.814. The molecule has 0 bridgehead atoms. The molecule has 5 nitrogen and oxygen atoms in total. The molecule has 1 aromatic heterocycles. The van der Waals surface area contributed by atoms with Crippen molar-refractivity contribution in [3.63, 3.8) is 0 Å². The normalized spacial score (nSPS) is 23.9. The van der Waals surface area contributed by atoms with Crippen LogP contribution in [0.15, 0.2) is 12.4 Å². The van der Waals surface area contributed by atoms with E-state index in [1.165, 1.54) is 6.42 Å². The molecular formula is C13H22N4O. The molecule has 5 heteroatoms. The average Bonchev–Trinajstić information content (AvgIpc) is 2.82. The fourth-order valence-electron chi connectivity index (χ4n) is 2.44. The minimum absolute atomic E-state index is 0.0274. The van der Waals surface area contributed by atoms with E-state index in [4.69, 9.17) is 0 Å². The highest BCUT2D eigenvalue weighted by molar-refractivity contribution is 5.81. The van der Waals surface area contributed by atoms with E-state index in [1.807, 2.05) is 13.2 Å². The van der Waals surface area contributed by atoms with Crippen molar-refractivity contribution in [2.75, 3.05) is 6.54 Å². The number of amides is 1. The van der Waals surface area contributed by atoms with Gasteiger partial charge in [0.05, 0.1) is 12.2 Å². The Morgan fingerprint density at radius 3 is 3.17 bits per heavy atom. The Kier molecular flexibility index (Phi) is 4.36. The van der Waals surface area contributed by atoms with Gasteiger partial charge in [0.2, 0.25) is 5.91 Å². The third-order valence-corrected chi connectivity index (χ3v) is 3.63. The minimum atomic E-state index is -0.0274. The lowest BCUT2D eigenvalue weighted by atomic mass is 9.90. The van der Waals surface area contributed by atoms with E-state index in [2.05, 4.69) is 22.7 Å². The molecule has 0 saturated carbocycles. The predicted molar refractivity (Wildman–Crippen MR) is 69.9 cm³/mol. The smallest absolute Gasteiger partial charge is 0.237 e. The van der Waals surface area contributed by atoms with Gasteiger partial charge in [0.1, 0.15) is 0 Å². The van der Waals surface area contributed by atoms with E-state index in [0.717, 1.165) is 24.9 Å². The highest BCUT2D eigenvalue weighted by Gasteiger charge is 2.25. The molecular weight excluding hydrogens is 228 g/mol. The third kappa shape index (κ3) is 3.32. The average molecular weight is 250 g/mol. The largest absolute Gasteiger partial charge is 0.351 e. The van der Waals surface area contributed by atoms with Crippen molar-refractivity contribution in [3.05, 3.63) is 18.0 Å². The molecule has 2 atom stereocenters. The van der Waals surface area contributed by atoms with Gasteiger partial charge in [0.15, 0.2) is 0 Å². The maximum absolute atomic E-state index is 12.0. The zero-order chi connectivity index (χ0) is 13.0. The van der Waals surface area contributed by atoms with Crippen LogP contribution in [0.5, 0.6) is 0 Å². The lowest BCUT2D eigenvalue weighted by Crippen LogP contribution is -2.48. The molecule has 1 aromatic rings. The molecule has 1 amide bonds. The number of aryl methyl sites for hydroxylation is 1. The lowest BCUT2D eigenvalue weighted by molar-refractivity contribution is -0.124. The van der Waals surface area contributed by atoms with Gasteiger partial charge in [-0.25, -0.2) is 0 Å². The molecule has 1 aliphatic heterocycles. The molecule has 0 aliphatic carbocycles. The molecule has 2 heterocycles. The third-order valence-electron chi connectivity index (χ3n) is 3.63. The first-order valence-electron chi connectivity index (χ1n) is 6.67. The molecule has 2 rings (SSSR count). The van der Waals surface area contributed by atoms with Crippen LogP contribution in [-0.2, 0) is 18.4 Å². The van der Waals surface area contributed by atoms with Crippen LogP contribution in [0.25, 0.3) is 0 Å². The summed E-state index contributed by atoms with van der Waals surface area (Å²) in [5.74, 6) is 0.789. The van der Waals surface area contributed by atoms with Crippen molar-refractivity contribution in [1.29, 1.82) is 0 Å². The maximum Gasteiger partial charge on any atom is 0.237 e. The van der Waals surface area contributed by atoms with Gasteiger partial charge in [-0.1, -0.05) is 13.3 Å². The van der Waals surface area contributed by atoms with Gasteiger partial charge in [-0.05, 0) is 25.3 Å². The highest BCUT2D eigenvalue weighted by Crippen LogP contribution is 2.19. The number of nitrogens with one attached hydrogen (secondary N) is 2. The molecule has 1 aliphatic rings. The number of hydrogen-bond donors (Lipinski definition) is 2. The second-order valence-corrected chi connectivity index (χ2v) is 5.05. The quantitative estimate of drug-likeness (QED) is 0.831. The van der Waals surface area contributed by atoms with Crippen molar-refractivity contribution in [2.45, 2.75) is 38.8 Å². The maximum atomic E-state index is 12.0. The van der Waals surface area contributed by atoms with Crippen LogP contribution in [0.3, 0.4) is 0 Å². The number of piperidine rings is 1. The molecule has 0 radical (unpaired) electrons. The van der Waals surface area contributed by atoms with Gasteiger partial charge in [0.25, 0.3) is 0 Å². The summed E-state index contributed by atoms with van der Waals surface area (Å²) in [5, 5.41) is 10.3. The minimum Gasteiger partial charge on any atom is -0.351 e. The van der Waals surface area contributed by atoms with Crippen molar-refractivity contribution >= 4 is 5.91 Å². The first kappa shape index (κ1) is 13.1. The van der Waals surface area contributed by atoms with Crippen molar-refractivity contribution in [2.24, 2.45) is 13.0 Å². The van der Waals surface area contributed by atoms with Gasteiger partial charge in [0, 0.05) is 25.4 Å². The number of carbonyl (C=O) groups excluding carboxylic acids is 1. The number of nitrogens with zero attached hydrogens (tertiary/aromatic N) is 2. The van der Waals surface area contributed by atoms with Gasteiger partial charge < -0.3 is 10.6 Å². The molecule has 18 heavy (non-hydrogen) atoms. The summed E-state index contributed by atoms with van der Waals surface area (Å²) in [7, 11) is 1.87. The Bertz CT molecular complexity index is 401. The first-order chi connectivity index (χ1) is 8.69. The van der Waals surface area contributed by atoms with E-state index in [9.17, 15) is 4.79 Å². The molecule has 100 valence electrons. The van der Waals surface area contributed by atoms with E-state index >= 15 is 0 Å². The van der Waals surface area contributed by atoms with Crippen LogP contribution in [-0.4, -0.2) is 28.3 Å². The monoisotopic (exact) mass is 250 g/mol. The summed E-state index contributed by atoms with van der Waals surface area (Å²) >= 11 is 0. The van der Waals surface area contributed by atoms with Crippen LogP contribution in [0, 0.1) is 5.92 Å². The molecule has 2 N–H and O–H groups in total. The van der Waals surface area contributed by atoms with Gasteiger partial charge >= 0.3 is 0 Å². The Morgan fingerprint density at radius 2 is 2.50 bits per heavy atom. The SMILES string of the molecule is CCC1CCNC(C(=O)NCc2cnn(C)c2)C1. The summed E-state index contributed by atoms with van der Waals surface area (Å²) in [6.07, 6.45) is 7.00. The van der Waals surface area contributed by atoms with Crippen LogP contribution in [0.4, 0.5) is 0 Å². The topological polar surface area (TPSA) is 59.0 Å². The van der Waals surface area contributed by atoms with Crippen molar-refractivity contribution < 1.29 is 4.79 Å². The fraction of sp³-hybridized carbons (Fsp3) is 0.692. The van der Waals surface area contributed by atoms with Gasteiger partial charge in [-0.15, -0.1) is 0 Å². The molecule has 2 unspecified atom stereocenters. The van der Waals surface area contributed by atoms with E-state index < -0.39 is 0 Å². The summed E-state index contributed by atoms with van der Waals surface area (Å²) in [6, 6.07) is -0.0274. The Hall–Kier alpha value is -1.36. The standard InChI is InChI=1S/C13H22N4O/c1-3-10-4-5-14-12(6-10)13(18)15-7-11-8-16-17(2)9-11/h8-10,12,14H,3-7H2,1-2H3,(H,15,18). The molecule has 0 spiro atoms. The Labute approximate surface area is 108 Å².